The molecule has 1 aromatic carbocycles. The summed E-state index contributed by atoms with van der Waals surface area (Å²) in [6.45, 7) is 2.05. The van der Waals surface area contributed by atoms with E-state index in [1.54, 1.807) is 0 Å². The third kappa shape index (κ3) is 1.91. The Morgan fingerprint density at radius 2 is 1.82 bits per heavy atom. The highest BCUT2D eigenvalue weighted by molar-refractivity contribution is 5.85. The van der Waals surface area contributed by atoms with E-state index in [1.165, 1.54) is 6.20 Å². The van der Waals surface area contributed by atoms with Crippen LogP contribution in [0.2, 0.25) is 0 Å². The zero-order valence-electron chi connectivity index (χ0n) is 9.62. The van der Waals surface area contributed by atoms with Crippen LogP contribution in [0.15, 0.2) is 30.5 Å². The minimum atomic E-state index is -0.224. The van der Waals surface area contributed by atoms with Crippen molar-refractivity contribution in [2.24, 2.45) is 0 Å². The first-order valence-corrected chi connectivity index (χ1v) is 6.10. The number of fused-ring (bicyclic) bond motifs is 1. The van der Waals surface area contributed by atoms with Gasteiger partial charge in [0.1, 0.15) is 5.82 Å². The van der Waals surface area contributed by atoms with Crippen LogP contribution < -0.4 is 5.32 Å². The molecule has 0 radical (unpaired) electrons. The SMILES string of the molecule is Fc1cnc(C2CCNCC2)c2ccccc12. The van der Waals surface area contributed by atoms with Gasteiger partial charge in [-0.2, -0.15) is 0 Å². The molecule has 1 fully saturated rings. The second-order valence-corrected chi connectivity index (χ2v) is 4.56. The lowest BCUT2D eigenvalue weighted by molar-refractivity contribution is 0.455. The molecule has 1 saturated heterocycles. The molecule has 2 aromatic rings. The van der Waals surface area contributed by atoms with E-state index in [0.29, 0.717) is 11.3 Å². The summed E-state index contributed by atoms with van der Waals surface area (Å²) in [5, 5.41) is 5.00. The van der Waals surface area contributed by atoms with Crippen molar-refractivity contribution in [1.29, 1.82) is 0 Å². The number of nitrogens with one attached hydrogen (secondary N) is 1. The first-order valence-electron chi connectivity index (χ1n) is 6.10. The second kappa shape index (κ2) is 4.41. The molecule has 0 atom stereocenters. The van der Waals surface area contributed by atoms with Crippen molar-refractivity contribution in [3.63, 3.8) is 0 Å². The Morgan fingerprint density at radius 3 is 2.59 bits per heavy atom. The molecule has 1 N–H and O–H groups in total. The molecule has 2 heterocycles. The van der Waals surface area contributed by atoms with Crippen molar-refractivity contribution in [2.75, 3.05) is 13.1 Å². The van der Waals surface area contributed by atoms with Gasteiger partial charge >= 0.3 is 0 Å². The minimum Gasteiger partial charge on any atom is -0.317 e. The molecule has 1 aliphatic rings. The molecule has 0 unspecified atom stereocenters. The molecule has 0 spiro atoms. The maximum atomic E-state index is 13.7. The van der Waals surface area contributed by atoms with E-state index in [2.05, 4.69) is 10.3 Å². The van der Waals surface area contributed by atoms with Gasteiger partial charge in [0.15, 0.2) is 0 Å². The van der Waals surface area contributed by atoms with Crippen molar-refractivity contribution in [3.05, 3.63) is 42.0 Å². The number of aromatic nitrogens is 1. The third-order valence-electron chi connectivity index (χ3n) is 3.50. The van der Waals surface area contributed by atoms with Crippen molar-refractivity contribution >= 4 is 10.8 Å². The Balaban J connectivity index is 2.12. The van der Waals surface area contributed by atoms with Gasteiger partial charge in [-0.25, -0.2) is 4.39 Å². The molecule has 17 heavy (non-hydrogen) atoms. The summed E-state index contributed by atoms with van der Waals surface area (Å²) in [6.07, 6.45) is 3.53. The van der Waals surface area contributed by atoms with Crippen LogP contribution in [0.3, 0.4) is 0 Å². The highest BCUT2D eigenvalue weighted by Gasteiger charge is 2.19. The predicted octanol–water partition coefficient (Wildman–Crippen LogP) is 2.84. The lowest BCUT2D eigenvalue weighted by atomic mass is 9.91. The van der Waals surface area contributed by atoms with Gasteiger partial charge in [0.05, 0.1) is 11.9 Å². The average molecular weight is 230 g/mol. The molecule has 0 amide bonds. The fourth-order valence-electron chi connectivity index (χ4n) is 2.60. The molecule has 3 heteroatoms. The molecule has 88 valence electrons. The number of piperidine rings is 1. The highest BCUT2D eigenvalue weighted by Crippen LogP contribution is 2.30. The molecule has 0 aliphatic carbocycles. The van der Waals surface area contributed by atoms with E-state index in [4.69, 9.17) is 0 Å². The number of benzene rings is 1. The van der Waals surface area contributed by atoms with Crippen LogP contribution >= 0.6 is 0 Å². The monoisotopic (exact) mass is 230 g/mol. The first kappa shape index (κ1) is 10.7. The largest absolute Gasteiger partial charge is 0.317 e. The summed E-state index contributed by atoms with van der Waals surface area (Å²) in [4.78, 5) is 4.33. The van der Waals surface area contributed by atoms with Crippen molar-refractivity contribution in [1.82, 2.24) is 10.3 Å². The fourth-order valence-corrected chi connectivity index (χ4v) is 2.60. The number of halogens is 1. The van der Waals surface area contributed by atoms with Crippen LogP contribution in [0, 0.1) is 5.82 Å². The first-order chi connectivity index (χ1) is 8.36. The molecule has 0 bridgehead atoms. The summed E-state index contributed by atoms with van der Waals surface area (Å²) >= 11 is 0. The zero-order chi connectivity index (χ0) is 11.7. The van der Waals surface area contributed by atoms with Gasteiger partial charge in [0.2, 0.25) is 0 Å². The summed E-state index contributed by atoms with van der Waals surface area (Å²) < 4.78 is 13.7. The van der Waals surface area contributed by atoms with Crippen LogP contribution in [0.25, 0.3) is 10.8 Å². The summed E-state index contributed by atoms with van der Waals surface area (Å²) in [7, 11) is 0. The number of hydrogen-bond acceptors (Lipinski definition) is 2. The van der Waals surface area contributed by atoms with Gasteiger partial charge in [-0.05, 0) is 25.9 Å². The van der Waals surface area contributed by atoms with Gasteiger partial charge in [0.25, 0.3) is 0 Å². The zero-order valence-corrected chi connectivity index (χ0v) is 9.62. The molecular weight excluding hydrogens is 215 g/mol. The smallest absolute Gasteiger partial charge is 0.149 e. The van der Waals surface area contributed by atoms with E-state index < -0.39 is 0 Å². The van der Waals surface area contributed by atoms with Crippen molar-refractivity contribution < 1.29 is 4.39 Å². The van der Waals surface area contributed by atoms with E-state index in [9.17, 15) is 4.39 Å². The maximum Gasteiger partial charge on any atom is 0.149 e. The van der Waals surface area contributed by atoms with Crippen LogP contribution in [0.5, 0.6) is 0 Å². The topological polar surface area (TPSA) is 24.9 Å². The predicted molar refractivity (Wildman–Crippen MR) is 66.5 cm³/mol. The van der Waals surface area contributed by atoms with Crippen LogP contribution in [-0.4, -0.2) is 18.1 Å². The molecule has 0 saturated carbocycles. The van der Waals surface area contributed by atoms with Gasteiger partial charge in [0, 0.05) is 16.7 Å². The van der Waals surface area contributed by atoms with E-state index in [1.807, 2.05) is 24.3 Å². The summed E-state index contributed by atoms with van der Waals surface area (Å²) in [5.74, 6) is 0.236. The van der Waals surface area contributed by atoms with Crippen molar-refractivity contribution in [3.8, 4) is 0 Å². The van der Waals surface area contributed by atoms with E-state index in [0.717, 1.165) is 37.0 Å². The molecule has 1 aromatic heterocycles. The second-order valence-electron chi connectivity index (χ2n) is 4.56. The van der Waals surface area contributed by atoms with Gasteiger partial charge in [-0.3, -0.25) is 4.98 Å². The Hall–Kier alpha value is -1.48. The summed E-state index contributed by atoms with van der Waals surface area (Å²) in [5.41, 5.74) is 1.06. The van der Waals surface area contributed by atoms with Gasteiger partial charge in [-0.1, -0.05) is 24.3 Å². The fraction of sp³-hybridized carbons (Fsp3) is 0.357. The Labute approximate surface area is 99.9 Å². The quantitative estimate of drug-likeness (QED) is 0.814. The molecule has 1 aliphatic heterocycles. The summed E-state index contributed by atoms with van der Waals surface area (Å²) in [6, 6.07) is 7.63. The van der Waals surface area contributed by atoms with Crippen LogP contribution in [-0.2, 0) is 0 Å². The lowest BCUT2D eigenvalue weighted by Crippen LogP contribution is -2.27. The Morgan fingerprint density at radius 1 is 1.12 bits per heavy atom. The van der Waals surface area contributed by atoms with Crippen LogP contribution in [0.1, 0.15) is 24.5 Å². The van der Waals surface area contributed by atoms with Gasteiger partial charge in [-0.15, -0.1) is 0 Å². The average Bonchev–Trinajstić information content (AvgIpc) is 2.41. The van der Waals surface area contributed by atoms with Crippen molar-refractivity contribution in [2.45, 2.75) is 18.8 Å². The molecule has 3 rings (SSSR count). The number of rotatable bonds is 1. The van der Waals surface area contributed by atoms with E-state index in [-0.39, 0.29) is 5.82 Å². The number of nitrogens with zero attached hydrogens (tertiary/aromatic N) is 1. The Kier molecular flexibility index (Phi) is 2.77. The normalized spacial score (nSPS) is 17.5. The molecule has 2 nitrogen and oxygen atoms in total. The maximum absolute atomic E-state index is 13.7. The van der Waals surface area contributed by atoms with Crippen LogP contribution in [0.4, 0.5) is 4.39 Å². The number of pyridine rings is 1. The van der Waals surface area contributed by atoms with E-state index >= 15 is 0 Å². The third-order valence-corrected chi connectivity index (χ3v) is 3.50. The minimum absolute atomic E-state index is 0.224. The standard InChI is InChI=1S/C14H15FN2/c15-13-9-17-14(10-5-7-16-8-6-10)12-4-2-1-3-11(12)13/h1-4,9-10,16H,5-8H2. The Bertz CT molecular complexity index is 533. The molecular formula is C14H15FN2. The highest BCUT2D eigenvalue weighted by atomic mass is 19.1. The lowest BCUT2D eigenvalue weighted by Gasteiger charge is -2.23. The number of hydrogen-bond donors (Lipinski definition) is 1. The van der Waals surface area contributed by atoms with Gasteiger partial charge < -0.3 is 5.32 Å².